The second-order valence-corrected chi connectivity index (χ2v) is 5.55. The summed E-state index contributed by atoms with van der Waals surface area (Å²) in [6.07, 6.45) is 1.30. The molecule has 1 aromatic heterocycles. The number of hydrogen-bond acceptors (Lipinski definition) is 5. The molecular weight excluding hydrogens is 287 g/mol. The van der Waals surface area contributed by atoms with Gasteiger partial charge in [-0.2, -0.15) is 0 Å². The number of rotatable bonds is 5. The van der Waals surface area contributed by atoms with Crippen molar-refractivity contribution < 1.29 is 23.5 Å². The third-order valence-corrected chi connectivity index (χ3v) is 3.80. The first-order valence-electron chi connectivity index (χ1n) is 8.22. The number of carboxylic acids is 1. The maximum absolute atomic E-state index is 12.2. The standard InChI is InChI=1S/C15H19N3O4/c1-8(2)15(3)14(21)17-12(18-15)11-10(13(19)20)5-9(6-16-11)7-22-4/h5-6,8H,7H2,1-4H3,(H,19,20)(H,17,18,21)/i4+1D3. The zero-order valence-electron chi connectivity index (χ0n) is 15.5. The molecule has 118 valence electrons. The number of carbonyl (C=O) groups is 2. The highest BCUT2D eigenvalue weighted by atomic mass is 16.5. The maximum atomic E-state index is 12.2. The number of aliphatic imine (C=N–C) groups is 1. The number of nitrogens with zero attached hydrogens (tertiary/aromatic N) is 2. The Kier molecular flexibility index (Phi) is 3.26. The number of pyridine rings is 1. The molecule has 1 aliphatic rings. The fourth-order valence-corrected chi connectivity index (χ4v) is 2.07. The summed E-state index contributed by atoms with van der Waals surface area (Å²) in [6.45, 7) is 5.03. The van der Waals surface area contributed by atoms with E-state index in [0.717, 1.165) is 0 Å². The van der Waals surface area contributed by atoms with Crippen molar-refractivity contribution in [3.8, 4) is 0 Å². The minimum Gasteiger partial charge on any atom is -0.478 e. The quantitative estimate of drug-likeness (QED) is 0.796. The Morgan fingerprint density at radius 1 is 1.59 bits per heavy atom. The maximum Gasteiger partial charge on any atom is 0.338 e. The zero-order valence-corrected chi connectivity index (χ0v) is 12.5. The molecule has 7 heteroatoms. The molecule has 0 fully saturated rings. The third kappa shape index (κ3) is 2.71. The van der Waals surface area contributed by atoms with Crippen LogP contribution < -0.4 is 5.32 Å². The van der Waals surface area contributed by atoms with Crippen molar-refractivity contribution in [2.75, 3.05) is 7.04 Å². The number of aromatic carboxylic acids is 1. The van der Waals surface area contributed by atoms with Crippen LogP contribution in [0, 0.1) is 5.92 Å². The Bertz CT molecular complexity index is 746. The van der Waals surface area contributed by atoms with Crippen LogP contribution in [0.25, 0.3) is 0 Å². The number of carbonyl (C=O) groups excluding carboxylic acids is 1. The molecule has 1 aromatic rings. The van der Waals surface area contributed by atoms with Gasteiger partial charge in [0.1, 0.15) is 11.2 Å². The molecule has 0 bridgehead atoms. The number of hydrogen-bond donors (Lipinski definition) is 2. The summed E-state index contributed by atoms with van der Waals surface area (Å²) in [6, 6.07) is 1.26. The molecule has 0 radical (unpaired) electrons. The monoisotopic (exact) mass is 309 g/mol. The molecule has 0 aromatic carbocycles. The molecular formula is C15H19N3O4. The highest BCUT2D eigenvalue weighted by Gasteiger charge is 2.43. The number of amidine groups is 1. The van der Waals surface area contributed by atoms with Crippen LogP contribution >= 0.6 is 0 Å². The minimum atomic E-state index is -2.59. The first-order chi connectivity index (χ1) is 11.4. The molecule has 2 heterocycles. The van der Waals surface area contributed by atoms with Crippen LogP contribution in [0.5, 0.6) is 0 Å². The third-order valence-electron chi connectivity index (χ3n) is 3.80. The van der Waals surface area contributed by atoms with E-state index in [1.54, 1.807) is 6.92 Å². The van der Waals surface area contributed by atoms with Crippen molar-refractivity contribution in [1.29, 1.82) is 0 Å². The van der Waals surface area contributed by atoms with Crippen molar-refractivity contribution in [2.45, 2.75) is 32.9 Å². The summed E-state index contributed by atoms with van der Waals surface area (Å²) in [5, 5.41) is 12.0. The van der Waals surface area contributed by atoms with E-state index in [-0.39, 0.29) is 41.1 Å². The fraction of sp³-hybridized carbons (Fsp3) is 0.467. The van der Waals surface area contributed by atoms with Crippen molar-refractivity contribution in [3.63, 3.8) is 0 Å². The predicted octanol–water partition coefficient (Wildman–Crippen LogP) is 1.22. The van der Waals surface area contributed by atoms with Crippen LogP contribution in [0.15, 0.2) is 17.3 Å². The summed E-state index contributed by atoms with van der Waals surface area (Å²) < 4.78 is 25.7. The van der Waals surface area contributed by atoms with Crippen LogP contribution in [0.2, 0.25) is 0 Å². The van der Waals surface area contributed by atoms with Crippen LogP contribution in [0.1, 0.15) is 46.5 Å². The zero-order chi connectivity index (χ0) is 19.0. The van der Waals surface area contributed by atoms with Gasteiger partial charge in [0.05, 0.1) is 16.3 Å². The lowest BCUT2D eigenvalue weighted by Crippen LogP contribution is -2.41. The Morgan fingerprint density at radius 3 is 2.86 bits per heavy atom. The molecule has 1 amide bonds. The van der Waals surface area contributed by atoms with Gasteiger partial charge < -0.3 is 15.2 Å². The van der Waals surface area contributed by atoms with Crippen LogP contribution in [0.4, 0.5) is 0 Å². The molecule has 1 aliphatic heterocycles. The molecule has 1 atom stereocenters. The molecule has 22 heavy (non-hydrogen) atoms. The van der Waals surface area contributed by atoms with E-state index < -0.39 is 18.5 Å². The second-order valence-electron chi connectivity index (χ2n) is 5.55. The van der Waals surface area contributed by atoms with Crippen LogP contribution in [-0.2, 0) is 16.1 Å². The Balaban J connectivity index is 2.39. The first kappa shape index (κ1) is 12.3. The molecule has 2 N–H and O–H groups in total. The largest absolute Gasteiger partial charge is 0.478 e. The van der Waals surface area contributed by atoms with Gasteiger partial charge in [-0.15, -0.1) is 0 Å². The summed E-state index contributed by atoms with van der Waals surface area (Å²) in [5.74, 6) is -1.61. The molecule has 0 aliphatic carbocycles. The van der Waals surface area contributed by atoms with Crippen LogP contribution in [-0.4, -0.2) is 40.4 Å². The van der Waals surface area contributed by atoms with Gasteiger partial charge in [0.2, 0.25) is 0 Å². The number of aromatic nitrogens is 1. The first-order valence-corrected chi connectivity index (χ1v) is 6.72. The smallest absolute Gasteiger partial charge is 0.338 e. The Hall–Kier alpha value is -2.28. The molecule has 2 rings (SSSR count). The lowest BCUT2D eigenvalue weighted by Gasteiger charge is -2.21. The van der Waals surface area contributed by atoms with E-state index >= 15 is 0 Å². The summed E-state index contributed by atoms with van der Waals surface area (Å²) in [5.41, 5.74) is -0.897. The Labute approximate surface area is 132 Å². The van der Waals surface area contributed by atoms with Gasteiger partial charge in [0.15, 0.2) is 5.84 Å². The van der Waals surface area contributed by atoms with Gasteiger partial charge in [-0.3, -0.25) is 9.78 Å². The SMILES string of the molecule is [2H][13C]([2H])([2H])OCc1cnc(C2=NC(C)(C(C)C)C(=O)N2)c(C(=O)O)c1. The van der Waals surface area contributed by atoms with Gasteiger partial charge in [-0.05, 0) is 24.5 Å². The van der Waals surface area contributed by atoms with Gasteiger partial charge in [-0.25, -0.2) is 9.79 Å². The van der Waals surface area contributed by atoms with Crippen molar-refractivity contribution in [2.24, 2.45) is 10.9 Å². The average molecular weight is 309 g/mol. The van der Waals surface area contributed by atoms with Gasteiger partial charge in [0.25, 0.3) is 5.91 Å². The van der Waals surface area contributed by atoms with E-state index in [9.17, 15) is 14.7 Å². The van der Waals surface area contributed by atoms with E-state index in [1.165, 1.54) is 12.3 Å². The lowest BCUT2D eigenvalue weighted by molar-refractivity contribution is -0.124. The van der Waals surface area contributed by atoms with E-state index in [0.29, 0.717) is 0 Å². The second kappa shape index (κ2) is 5.84. The molecule has 0 saturated heterocycles. The minimum absolute atomic E-state index is 0.0165. The summed E-state index contributed by atoms with van der Waals surface area (Å²) >= 11 is 0. The number of amides is 1. The molecule has 0 saturated carbocycles. The molecule has 1 unspecified atom stereocenters. The number of methoxy groups -OCH3 is 1. The van der Waals surface area contributed by atoms with Crippen molar-refractivity contribution in [1.82, 2.24) is 10.3 Å². The highest BCUT2D eigenvalue weighted by molar-refractivity contribution is 6.17. The number of ether oxygens (including phenoxy) is 1. The van der Waals surface area contributed by atoms with E-state index in [2.05, 4.69) is 20.0 Å². The summed E-state index contributed by atoms with van der Waals surface area (Å²) in [7, 11) is -2.59. The van der Waals surface area contributed by atoms with Gasteiger partial charge >= 0.3 is 5.97 Å². The van der Waals surface area contributed by atoms with Gasteiger partial charge in [0, 0.05) is 13.2 Å². The average Bonchev–Trinajstić information content (AvgIpc) is 2.81. The molecule has 7 nitrogen and oxygen atoms in total. The van der Waals surface area contributed by atoms with Crippen molar-refractivity contribution in [3.05, 3.63) is 29.1 Å². The summed E-state index contributed by atoms with van der Waals surface area (Å²) in [4.78, 5) is 32.1. The number of carboxylic acid groups (broad SMARTS) is 1. The van der Waals surface area contributed by atoms with E-state index in [1.807, 2.05) is 13.8 Å². The lowest BCUT2D eigenvalue weighted by atomic mass is 9.89. The Morgan fingerprint density at radius 2 is 2.32 bits per heavy atom. The van der Waals surface area contributed by atoms with E-state index in [4.69, 9.17) is 4.11 Å². The van der Waals surface area contributed by atoms with Gasteiger partial charge in [-0.1, -0.05) is 13.8 Å². The fourth-order valence-electron chi connectivity index (χ4n) is 2.07. The highest BCUT2D eigenvalue weighted by Crippen LogP contribution is 2.27. The predicted molar refractivity (Wildman–Crippen MR) is 79.8 cm³/mol. The number of nitrogens with one attached hydrogen (secondary N) is 1. The van der Waals surface area contributed by atoms with Crippen molar-refractivity contribution >= 4 is 17.7 Å². The molecule has 0 spiro atoms. The topological polar surface area (TPSA) is 101 Å². The van der Waals surface area contributed by atoms with Crippen LogP contribution in [0.3, 0.4) is 0 Å². The normalized spacial score (nSPS) is 23.5.